The van der Waals surface area contributed by atoms with Crippen molar-refractivity contribution in [3.8, 4) is 5.75 Å². The van der Waals surface area contributed by atoms with Gasteiger partial charge in [-0.2, -0.15) is 4.57 Å². The molecule has 2 atom stereocenters. The number of hydrogen-bond donors (Lipinski definition) is 1. The predicted octanol–water partition coefficient (Wildman–Crippen LogP) is 6.24. The van der Waals surface area contributed by atoms with E-state index < -0.39 is 5.97 Å². The van der Waals surface area contributed by atoms with Crippen molar-refractivity contribution < 1.29 is 19.2 Å². The predicted molar refractivity (Wildman–Crippen MR) is 141 cm³/mol. The van der Waals surface area contributed by atoms with E-state index in [2.05, 4.69) is 47.4 Å². The highest BCUT2D eigenvalue weighted by Gasteiger charge is 2.42. The highest BCUT2D eigenvalue weighted by atomic mass is 32.1. The number of aliphatic carboxylic acids is 1. The molecule has 1 aromatic heterocycles. The molecule has 1 fully saturated rings. The van der Waals surface area contributed by atoms with Gasteiger partial charge in [-0.05, 0) is 72.5 Å². The maximum absolute atomic E-state index is 11.5. The smallest absolute Gasteiger partial charge is 0.370 e. The Morgan fingerprint density at radius 1 is 1.11 bits per heavy atom. The number of anilines is 2. The van der Waals surface area contributed by atoms with E-state index in [0.29, 0.717) is 12.0 Å². The van der Waals surface area contributed by atoms with E-state index in [1.165, 1.54) is 36.2 Å². The van der Waals surface area contributed by atoms with Crippen LogP contribution in [0.2, 0.25) is 0 Å². The van der Waals surface area contributed by atoms with Crippen molar-refractivity contribution in [1.82, 2.24) is 0 Å². The molecule has 1 aliphatic carbocycles. The highest BCUT2D eigenvalue weighted by Crippen LogP contribution is 2.52. The maximum Gasteiger partial charge on any atom is 0.370 e. The number of rotatable bonds is 6. The second kappa shape index (κ2) is 8.86. The van der Waals surface area contributed by atoms with Gasteiger partial charge in [-0.1, -0.05) is 36.0 Å². The summed E-state index contributed by atoms with van der Waals surface area (Å²) in [6.45, 7) is -0.0472. The van der Waals surface area contributed by atoms with Crippen LogP contribution in [0.15, 0.2) is 66.7 Å². The van der Waals surface area contributed by atoms with Gasteiger partial charge in [0.2, 0.25) is 12.1 Å². The van der Waals surface area contributed by atoms with Gasteiger partial charge < -0.3 is 14.7 Å². The lowest BCUT2D eigenvalue weighted by Gasteiger charge is -2.27. The molecule has 2 unspecified atom stereocenters. The molecule has 0 amide bonds. The molecule has 2 heterocycles. The fraction of sp³-hybridized carbons (Fsp3) is 0.241. The van der Waals surface area contributed by atoms with E-state index in [1.54, 1.807) is 18.4 Å². The number of hydrogen-bond acceptors (Lipinski definition) is 4. The van der Waals surface area contributed by atoms with Crippen LogP contribution in [0.3, 0.4) is 0 Å². The Hall–Kier alpha value is -3.64. The molecule has 4 aromatic rings. The summed E-state index contributed by atoms with van der Waals surface area (Å²) in [5.41, 5.74) is 6.03. The molecule has 5 nitrogen and oxygen atoms in total. The molecule has 6 rings (SSSR count). The lowest BCUT2D eigenvalue weighted by molar-refractivity contribution is -0.657. The van der Waals surface area contributed by atoms with Crippen molar-refractivity contribution in [2.24, 2.45) is 0 Å². The third-order valence-electron chi connectivity index (χ3n) is 7.22. The summed E-state index contributed by atoms with van der Waals surface area (Å²) in [5.74, 6) is 0.580. The fourth-order valence-corrected chi connectivity index (χ4v) is 6.76. The van der Waals surface area contributed by atoms with Gasteiger partial charge in [0, 0.05) is 35.5 Å². The standard InChI is InChI=1S/C29H26N2O3S/c1-34-21-13-11-20(12-14-21)31-24-7-4-5-22(24)23-17-19(9-15-25(23)31)10-16-28-30(18-29(32)33)26-6-2-3-8-27(26)35-28/h2-3,6,8-17,22,24H,4-5,7,18H2,1H3/p+1. The second-order valence-electron chi connectivity index (χ2n) is 9.21. The molecule has 0 spiro atoms. The van der Waals surface area contributed by atoms with Gasteiger partial charge in [0.15, 0.2) is 0 Å². The Labute approximate surface area is 208 Å². The average Bonchev–Trinajstić information content (AvgIpc) is 3.56. The van der Waals surface area contributed by atoms with Crippen LogP contribution in [0.1, 0.15) is 41.3 Å². The molecule has 0 radical (unpaired) electrons. The summed E-state index contributed by atoms with van der Waals surface area (Å²) < 4.78 is 8.32. The zero-order valence-electron chi connectivity index (χ0n) is 19.6. The SMILES string of the molecule is COc1ccc(N2c3ccc(/C=C/c4sc5ccccc5[n+]4CC(=O)O)cc3C3CCCC32)cc1. The van der Waals surface area contributed by atoms with E-state index in [-0.39, 0.29) is 6.54 Å². The van der Waals surface area contributed by atoms with Gasteiger partial charge in [0.05, 0.1) is 7.11 Å². The first-order valence-electron chi connectivity index (χ1n) is 12.0. The number of benzene rings is 3. The zero-order chi connectivity index (χ0) is 23.9. The fourth-order valence-electron chi connectivity index (χ4n) is 5.70. The largest absolute Gasteiger partial charge is 0.497 e. The third-order valence-corrected chi connectivity index (χ3v) is 8.35. The Morgan fingerprint density at radius 3 is 2.74 bits per heavy atom. The number of ether oxygens (including phenoxy) is 1. The van der Waals surface area contributed by atoms with Crippen LogP contribution in [0, 0.1) is 0 Å². The van der Waals surface area contributed by atoms with Gasteiger partial charge >= 0.3 is 5.97 Å². The van der Waals surface area contributed by atoms with Gasteiger partial charge in [0.25, 0.3) is 5.01 Å². The average molecular weight is 484 g/mol. The minimum atomic E-state index is -0.836. The zero-order valence-corrected chi connectivity index (χ0v) is 20.4. The minimum Gasteiger partial charge on any atom is -0.497 e. The van der Waals surface area contributed by atoms with Gasteiger partial charge in [0.1, 0.15) is 10.4 Å². The molecule has 0 saturated heterocycles. The molecule has 1 N–H and O–H groups in total. The summed E-state index contributed by atoms with van der Waals surface area (Å²) in [5, 5.41) is 10.4. The number of methoxy groups -OCH3 is 1. The number of thiazole rings is 1. The molecule has 3 aromatic carbocycles. The van der Waals surface area contributed by atoms with E-state index in [1.807, 2.05) is 41.0 Å². The number of para-hydroxylation sites is 1. The summed E-state index contributed by atoms with van der Waals surface area (Å²) in [6.07, 6.45) is 7.83. The number of nitrogens with zero attached hydrogens (tertiary/aromatic N) is 2. The van der Waals surface area contributed by atoms with Crippen LogP contribution in [0.4, 0.5) is 11.4 Å². The minimum absolute atomic E-state index is 0.0472. The number of carboxylic acid groups (broad SMARTS) is 1. The molecule has 176 valence electrons. The van der Waals surface area contributed by atoms with Crippen molar-refractivity contribution in [3.05, 3.63) is 82.9 Å². The highest BCUT2D eigenvalue weighted by molar-refractivity contribution is 7.18. The van der Waals surface area contributed by atoms with Crippen LogP contribution < -0.4 is 14.2 Å². The Bertz CT molecular complexity index is 1440. The summed E-state index contributed by atoms with van der Waals surface area (Å²) in [7, 11) is 1.70. The van der Waals surface area contributed by atoms with Crippen molar-refractivity contribution in [2.45, 2.75) is 37.8 Å². The topological polar surface area (TPSA) is 53.7 Å². The molecular weight excluding hydrogens is 456 g/mol. The van der Waals surface area contributed by atoms with Crippen LogP contribution >= 0.6 is 11.3 Å². The molecule has 1 aliphatic heterocycles. The van der Waals surface area contributed by atoms with Crippen molar-refractivity contribution in [1.29, 1.82) is 0 Å². The van der Waals surface area contributed by atoms with Crippen molar-refractivity contribution >= 4 is 51.0 Å². The Morgan fingerprint density at radius 2 is 1.94 bits per heavy atom. The molecule has 1 saturated carbocycles. The van der Waals surface area contributed by atoms with Gasteiger partial charge in [-0.3, -0.25) is 0 Å². The van der Waals surface area contributed by atoms with Crippen molar-refractivity contribution in [3.63, 3.8) is 0 Å². The van der Waals surface area contributed by atoms with Gasteiger partial charge in [-0.25, -0.2) is 4.79 Å². The quantitative estimate of drug-likeness (QED) is 0.330. The normalized spacial score (nSPS) is 18.8. The van der Waals surface area contributed by atoms with Crippen molar-refractivity contribution in [2.75, 3.05) is 12.0 Å². The molecule has 6 heteroatoms. The van der Waals surface area contributed by atoms with E-state index in [0.717, 1.165) is 26.5 Å². The monoisotopic (exact) mass is 483 g/mol. The second-order valence-corrected chi connectivity index (χ2v) is 10.3. The molecule has 0 bridgehead atoms. The van der Waals surface area contributed by atoms with Crippen LogP contribution in [0.5, 0.6) is 5.75 Å². The molecule has 35 heavy (non-hydrogen) atoms. The van der Waals surface area contributed by atoms with Crippen LogP contribution in [-0.4, -0.2) is 24.2 Å². The summed E-state index contributed by atoms with van der Waals surface area (Å²) in [6, 6.07) is 23.6. The molecule has 2 aliphatic rings. The number of carbonyl (C=O) groups is 1. The summed E-state index contributed by atoms with van der Waals surface area (Å²) in [4.78, 5) is 14.0. The number of aromatic nitrogens is 1. The first kappa shape index (κ1) is 21.9. The molecular formula is C29H27N2O3S+. The van der Waals surface area contributed by atoms with E-state index in [4.69, 9.17) is 4.74 Å². The Kier molecular flexibility index (Phi) is 5.53. The van der Waals surface area contributed by atoms with E-state index in [9.17, 15) is 9.90 Å². The first-order chi connectivity index (χ1) is 17.1. The van der Waals surface area contributed by atoms with E-state index >= 15 is 0 Å². The Balaban J connectivity index is 1.35. The number of carboxylic acids is 1. The van der Waals surface area contributed by atoms with Crippen LogP contribution in [-0.2, 0) is 11.3 Å². The number of fused-ring (bicyclic) bond motifs is 4. The van der Waals surface area contributed by atoms with Crippen LogP contribution in [0.25, 0.3) is 22.4 Å². The van der Waals surface area contributed by atoms with Gasteiger partial charge in [-0.15, -0.1) is 0 Å². The lowest BCUT2D eigenvalue weighted by Crippen LogP contribution is -2.39. The maximum atomic E-state index is 11.5. The lowest BCUT2D eigenvalue weighted by atomic mass is 9.96. The summed E-state index contributed by atoms with van der Waals surface area (Å²) >= 11 is 1.62. The third kappa shape index (κ3) is 3.88. The first-order valence-corrected chi connectivity index (χ1v) is 12.8.